The first-order chi connectivity index (χ1) is 14.1. The molecule has 2 heterocycles. The van der Waals surface area contributed by atoms with Crippen LogP contribution in [0.15, 0.2) is 36.4 Å². The van der Waals surface area contributed by atoms with E-state index in [4.69, 9.17) is 21.1 Å². The van der Waals surface area contributed by atoms with Crippen LogP contribution in [-0.2, 0) is 17.9 Å². The molecular weight excluding hydrogens is 392 g/mol. The molecule has 152 valence electrons. The van der Waals surface area contributed by atoms with E-state index < -0.39 is 0 Å². The summed E-state index contributed by atoms with van der Waals surface area (Å²) in [5.41, 5.74) is 2.35. The molecule has 1 N–H and O–H groups in total. The number of fused-ring (bicyclic) bond motifs is 1. The Kier molecular flexibility index (Phi) is 5.90. The van der Waals surface area contributed by atoms with E-state index in [9.17, 15) is 9.59 Å². The van der Waals surface area contributed by atoms with Gasteiger partial charge in [0.05, 0.1) is 18.2 Å². The zero-order valence-corrected chi connectivity index (χ0v) is 16.8. The number of hydrogen-bond donors (Lipinski definition) is 1. The van der Waals surface area contributed by atoms with Gasteiger partial charge in [0.2, 0.25) is 5.91 Å². The van der Waals surface area contributed by atoms with Crippen molar-refractivity contribution in [2.24, 2.45) is 0 Å². The molecule has 0 saturated carbocycles. The van der Waals surface area contributed by atoms with Crippen molar-refractivity contribution in [3.05, 3.63) is 58.1 Å². The molecule has 2 aromatic rings. The van der Waals surface area contributed by atoms with E-state index in [1.54, 1.807) is 12.1 Å². The molecule has 0 spiro atoms. The van der Waals surface area contributed by atoms with Crippen molar-refractivity contribution in [3.63, 3.8) is 0 Å². The lowest BCUT2D eigenvalue weighted by atomic mass is 10.1. The molecule has 2 aromatic carbocycles. The smallest absolute Gasteiger partial charge is 0.251 e. The summed E-state index contributed by atoms with van der Waals surface area (Å²) in [7, 11) is 0. The number of ether oxygens (including phenoxy) is 2. The number of hydrogen-bond acceptors (Lipinski definition) is 4. The lowest BCUT2D eigenvalue weighted by Gasteiger charge is -2.16. The lowest BCUT2D eigenvalue weighted by Crippen LogP contribution is -2.25. The van der Waals surface area contributed by atoms with Gasteiger partial charge < -0.3 is 19.7 Å². The van der Waals surface area contributed by atoms with Crippen molar-refractivity contribution in [3.8, 4) is 11.5 Å². The van der Waals surface area contributed by atoms with Crippen LogP contribution in [-0.4, -0.2) is 36.5 Å². The maximum absolute atomic E-state index is 12.6. The van der Waals surface area contributed by atoms with Crippen molar-refractivity contribution in [1.82, 2.24) is 10.2 Å². The zero-order valence-electron chi connectivity index (χ0n) is 16.1. The van der Waals surface area contributed by atoms with Gasteiger partial charge in [-0.3, -0.25) is 9.59 Å². The topological polar surface area (TPSA) is 67.9 Å². The van der Waals surface area contributed by atoms with Crippen molar-refractivity contribution < 1.29 is 19.1 Å². The van der Waals surface area contributed by atoms with Gasteiger partial charge in [-0.2, -0.15) is 0 Å². The molecule has 4 rings (SSSR count). The van der Waals surface area contributed by atoms with Crippen LogP contribution in [0, 0.1) is 0 Å². The largest absolute Gasteiger partial charge is 0.489 e. The summed E-state index contributed by atoms with van der Waals surface area (Å²) in [5.74, 6) is 1.16. The number of nitrogens with one attached hydrogen (secondary N) is 1. The van der Waals surface area contributed by atoms with Crippen LogP contribution in [0.1, 0.15) is 40.7 Å². The first kappa shape index (κ1) is 19.6. The second kappa shape index (κ2) is 8.74. The first-order valence-corrected chi connectivity index (χ1v) is 10.2. The van der Waals surface area contributed by atoms with E-state index in [0.29, 0.717) is 54.8 Å². The quantitative estimate of drug-likeness (QED) is 0.812. The number of carbonyl (C=O) groups is 2. The molecule has 6 nitrogen and oxygen atoms in total. The van der Waals surface area contributed by atoms with E-state index in [1.807, 2.05) is 29.2 Å². The standard InChI is InChI=1S/C22H23ClN2O4/c23-18-11-16(12-19-21(18)29-9-3-8-28-19)13-24-22(27)17-5-1-4-15(10-17)14-25-7-2-6-20(25)26/h1,4-5,10-12H,2-3,6-9,13-14H2,(H,24,27). The van der Waals surface area contributed by atoms with Gasteiger partial charge in [-0.1, -0.05) is 23.7 Å². The van der Waals surface area contributed by atoms with E-state index in [-0.39, 0.29) is 11.8 Å². The summed E-state index contributed by atoms with van der Waals surface area (Å²) in [4.78, 5) is 26.3. The average molecular weight is 415 g/mol. The van der Waals surface area contributed by atoms with Crippen LogP contribution in [0.2, 0.25) is 5.02 Å². The number of nitrogens with zero attached hydrogens (tertiary/aromatic N) is 1. The first-order valence-electron chi connectivity index (χ1n) is 9.83. The fourth-order valence-corrected chi connectivity index (χ4v) is 3.86. The molecule has 0 atom stereocenters. The van der Waals surface area contributed by atoms with E-state index in [1.165, 1.54) is 0 Å². The predicted molar refractivity (Wildman–Crippen MR) is 109 cm³/mol. The number of benzene rings is 2. The van der Waals surface area contributed by atoms with E-state index >= 15 is 0 Å². The molecule has 0 bridgehead atoms. The third-order valence-corrected chi connectivity index (χ3v) is 5.33. The second-order valence-electron chi connectivity index (χ2n) is 7.26. The number of likely N-dealkylation sites (tertiary alicyclic amines) is 1. The fourth-order valence-electron chi connectivity index (χ4n) is 3.57. The van der Waals surface area contributed by atoms with Crippen molar-refractivity contribution >= 4 is 23.4 Å². The Labute approximate surface area is 174 Å². The molecule has 0 aliphatic carbocycles. The van der Waals surface area contributed by atoms with Gasteiger partial charge in [0.15, 0.2) is 11.5 Å². The van der Waals surface area contributed by atoms with Gasteiger partial charge in [-0.05, 0) is 41.8 Å². The SMILES string of the molecule is O=C(NCc1cc(Cl)c2c(c1)OCCCO2)c1cccc(CN2CCCC2=O)c1. The number of carbonyl (C=O) groups excluding carboxylic acids is 2. The zero-order chi connectivity index (χ0) is 20.2. The van der Waals surface area contributed by atoms with Crippen LogP contribution >= 0.6 is 11.6 Å². The monoisotopic (exact) mass is 414 g/mol. The summed E-state index contributed by atoms with van der Waals surface area (Å²) in [6.07, 6.45) is 2.31. The summed E-state index contributed by atoms with van der Waals surface area (Å²) in [6, 6.07) is 11.0. The minimum atomic E-state index is -0.178. The third kappa shape index (κ3) is 4.65. The Hall–Kier alpha value is -2.73. The van der Waals surface area contributed by atoms with Gasteiger partial charge in [-0.15, -0.1) is 0 Å². The summed E-state index contributed by atoms with van der Waals surface area (Å²) >= 11 is 6.32. The lowest BCUT2D eigenvalue weighted by molar-refractivity contribution is -0.128. The molecule has 2 aliphatic rings. The van der Waals surface area contributed by atoms with Crippen LogP contribution in [0.3, 0.4) is 0 Å². The van der Waals surface area contributed by atoms with E-state index in [0.717, 1.165) is 30.5 Å². The molecule has 2 aliphatic heterocycles. The Morgan fingerprint density at radius 1 is 1.10 bits per heavy atom. The molecule has 2 amide bonds. The highest BCUT2D eigenvalue weighted by Crippen LogP contribution is 2.37. The van der Waals surface area contributed by atoms with Gasteiger partial charge >= 0.3 is 0 Å². The van der Waals surface area contributed by atoms with E-state index in [2.05, 4.69) is 5.32 Å². The highest BCUT2D eigenvalue weighted by molar-refractivity contribution is 6.32. The molecule has 29 heavy (non-hydrogen) atoms. The van der Waals surface area contributed by atoms with Crippen molar-refractivity contribution in [2.45, 2.75) is 32.4 Å². The Bertz CT molecular complexity index is 931. The number of rotatable bonds is 5. The van der Waals surface area contributed by atoms with Crippen LogP contribution < -0.4 is 14.8 Å². The fraction of sp³-hybridized carbons (Fsp3) is 0.364. The van der Waals surface area contributed by atoms with Crippen molar-refractivity contribution in [1.29, 1.82) is 0 Å². The predicted octanol–water partition coefficient (Wildman–Crippen LogP) is 3.55. The Balaban J connectivity index is 1.41. The van der Waals surface area contributed by atoms with Crippen LogP contribution in [0.5, 0.6) is 11.5 Å². The second-order valence-corrected chi connectivity index (χ2v) is 7.66. The normalized spacial score (nSPS) is 15.9. The van der Waals surface area contributed by atoms with Gasteiger partial charge in [-0.25, -0.2) is 0 Å². The van der Waals surface area contributed by atoms with Crippen molar-refractivity contribution in [2.75, 3.05) is 19.8 Å². The molecular formula is C22H23ClN2O4. The summed E-state index contributed by atoms with van der Waals surface area (Å²) < 4.78 is 11.3. The highest BCUT2D eigenvalue weighted by Gasteiger charge is 2.20. The Morgan fingerprint density at radius 3 is 2.79 bits per heavy atom. The van der Waals surface area contributed by atoms with Gasteiger partial charge in [0, 0.05) is 38.0 Å². The number of amides is 2. The maximum atomic E-state index is 12.6. The number of halogens is 1. The molecule has 1 saturated heterocycles. The minimum Gasteiger partial charge on any atom is -0.489 e. The third-order valence-electron chi connectivity index (χ3n) is 5.05. The van der Waals surface area contributed by atoms with Gasteiger partial charge in [0.1, 0.15) is 0 Å². The van der Waals surface area contributed by atoms with Gasteiger partial charge in [0.25, 0.3) is 5.91 Å². The molecule has 0 unspecified atom stereocenters. The highest BCUT2D eigenvalue weighted by atomic mass is 35.5. The average Bonchev–Trinajstić information content (AvgIpc) is 2.97. The molecule has 7 heteroatoms. The molecule has 0 radical (unpaired) electrons. The van der Waals surface area contributed by atoms with Crippen LogP contribution in [0.25, 0.3) is 0 Å². The summed E-state index contributed by atoms with van der Waals surface area (Å²) in [6.45, 7) is 2.79. The minimum absolute atomic E-state index is 0.172. The molecule has 1 fully saturated rings. The Morgan fingerprint density at radius 2 is 1.97 bits per heavy atom. The van der Waals surface area contributed by atoms with Crippen LogP contribution in [0.4, 0.5) is 0 Å². The molecule has 0 aromatic heterocycles. The summed E-state index contributed by atoms with van der Waals surface area (Å²) in [5, 5.41) is 3.40. The maximum Gasteiger partial charge on any atom is 0.251 e.